The third-order valence-corrected chi connectivity index (χ3v) is 4.99. The molecule has 0 bridgehead atoms. The number of hydrogen-bond acceptors (Lipinski definition) is 7. The minimum Gasteiger partial charge on any atom is -0.438 e. The van der Waals surface area contributed by atoms with Gasteiger partial charge >= 0.3 is 18.0 Å². The number of imide groups is 1. The van der Waals surface area contributed by atoms with Gasteiger partial charge in [0.2, 0.25) is 5.91 Å². The van der Waals surface area contributed by atoms with E-state index in [0.717, 1.165) is 0 Å². The predicted molar refractivity (Wildman–Crippen MR) is 103 cm³/mol. The molecule has 4 rings (SSSR count). The molecule has 2 atom stereocenters. The Labute approximate surface area is 175 Å². The van der Waals surface area contributed by atoms with Crippen molar-refractivity contribution in [2.75, 3.05) is 24.5 Å². The van der Waals surface area contributed by atoms with Crippen LogP contribution in [0.15, 0.2) is 18.5 Å². The number of hydrogen-bond donors (Lipinski definition) is 3. The number of alkyl carbamates (subject to hydrolysis) is 1. The van der Waals surface area contributed by atoms with Gasteiger partial charge in [-0.3, -0.25) is 10.1 Å². The third-order valence-electron chi connectivity index (χ3n) is 4.99. The molecule has 1 unspecified atom stereocenters. The summed E-state index contributed by atoms with van der Waals surface area (Å²) in [6.45, 7) is 2.44. The second kappa shape index (κ2) is 7.63. The van der Waals surface area contributed by atoms with Gasteiger partial charge in [0, 0.05) is 25.0 Å². The van der Waals surface area contributed by atoms with Gasteiger partial charge in [-0.2, -0.15) is 5.10 Å². The molecular formula is C18H21F2N7O4. The molecule has 0 radical (unpaired) electrons. The second-order valence-corrected chi connectivity index (χ2v) is 7.74. The summed E-state index contributed by atoms with van der Waals surface area (Å²) in [5, 5.41) is 11.4. The highest BCUT2D eigenvalue weighted by molar-refractivity contribution is 6.00. The number of fused-ring (bicyclic) bond motifs is 1. The van der Waals surface area contributed by atoms with Crippen molar-refractivity contribution in [3.63, 3.8) is 0 Å². The highest BCUT2D eigenvalue weighted by atomic mass is 19.3. The van der Waals surface area contributed by atoms with Crippen molar-refractivity contribution in [3.05, 3.63) is 24.2 Å². The Kier molecular flexibility index (Phi) is 5.11. The highest BCUT2D eigenvalue weighted by Gasteiger charge is 2.51. The summed E-state index contributed by atoms with van der Waals surface area (Å²) >= 11 is 0. The number of amides is 4. The Morgan fingerprint density at radius 1 is 1.39 bits per heavy atom. The van der Waals surface area contributed by atoms with Gasteiger partial charge in [0.15, 0.2) is 11.8 Å². The monoisotopic (exact) mass is 437 g/mol. The number of ether oxygens (including phenoxy) is 1. The van der Waals surface area contributed by atoms with Crippen LogP contribution in [0, 0.1) is 0 Å². The van der Waals surface area contributed by atoms with E-state index in [-0.39, 0.29) is 24.8 Å². The van der Waals surface area contributed by atoms with Gasteiger partial charge in [-0.25, -0.2) is 27.9 Å². The van der Waals surface area contributed by atoms with Crippen LogP contribution in [-0.4, -0.2) is 70.3 Å². The van der Waals surface area contributed by atoms with Gasteiger partial charge in [0.1, 0.15) is 0 Å². The predicted octanol–water partition coefficient (Wildman–Crippen LogP) is 0.611. The van der Waals surface area contributed by atoms with Crippen LogP contribution in [-0.2, 0) is 9.53 Å². The van der Waals surface area contributed by atoms with Crippen LogP contribution in [0.2, 0.25) is 0 Å². The van der Waals surface area contributed by atoms with E-state index in [1.165, 1.54) is 27.9 Å². The van der Waals surface area contributed by atoms with Crippen molar-refractivity contribution in [3.8, 4) is 0 Å². The van der Waals surface area contributed by atoms with E-state index >= 15 is 0 Å². The first-order valence-electron chi connectivity index (χ1n) is 9.67. The molecule has 0 spiro atoms. The SMILES string of the molecule is CC(C)NC(=O)O[C@@H]1CN(c2cc(C3CNC(=O)NC3=O)nn3ccnc23)CC1(F)F. The fourth-order valence-corrected chi connectivity index (χ4v) is 3.55. The molecule has 2 fully saturated rings. The fraction of sp³-hybridized carbons (Fsp3) is 0.500. The molecule has 2 aliphatic rings. The van der Waals surface area contributed by atoms with Crippen LogP contribution < -0.4 is 20.9 Å². The van der Waals surface area contributed by atoms with Crippen molar-refractivity contribution in [2.24, 2.45) is 0 Å². The Balaban J connectivity index is 1.63. The number of anilines is 1. The van der Waals surface area contributed by atoms with E-state index in [1.54, 1.807) is 13.8 Å². The first kappa shape index (κ1) is 20.8. The van der Waals surface area contributed by atoms with E-state index in [9.17, 15) is 23.2 Å². The van der Waals surface area contributed by atoms with Crippen LogP contribution in [0.3, 0.4) is 0 Å². The molecule has 3 N–H and O–H groups in total. The maximum atomic E-state index is 14.6. The molecule has 4 amide bonds. The summed E-state index contributed by atoms with van der Waals surface area (Å²) in [7, 11) is 0. The Hall–Kier alpha value is -3.51. The average Bonchev–Trinajstić information content (AvgIpc) is 3.24. The number of carbonyl (C=O) groups is 3. The lowest BCUT2D eigenvalue weighted by Gasteiger charge is -2.24. The minimum atomic E-state index is -3.29. The van der Waals surface area contributed by atoms with E-state index in [1.807, 2.05) is 0 Å². The molecule has 4 heterocycles. The number of alkyl halides is 2. The maximum Gasteiger partial charge on any atom is 0.407 e. The van der Waals surface area contributed by atoms with Crippen molar-refractivity contribution in [1.29, 1.82) is 0 Å². The molecule has 31 heavy (non-hydrogen) atoms. The van der Waals surface area contributed by atoms with E-state index in [0.29, 0.717) is 11.3 Å². The number of urea groups is 1. The Morgan fingerprint density at radius 2 is 2.16 bits per heavy atom. The topological polar surface area (TPSA) is 130 Å². The molecule has 2 saturated heterocycles. The van der Waals surface area contributed by atoms with Crippen molar-refractivity contribution in [2.45, 2.75) is 37.8 Å². The van der Waals surface area contributed by atoms with Crippen LogP contribution in [0.1, 0.15) is 25.5 Å². The number of nitrogens with zero attached hydrogens (tertiary/aromatic N) is 4. The van der Waals surface area contributed by atoms with Crippen molar-refractivity contribution in [1.82, 2.24) is 30.5 Å². The van der Waals surface area contributed by atoms with Crippen LogP contribution in [0.4, 0.5) is 24.1 Å². The third kappa shape index (κ3) is 4.07. The Morgan fingerprint density at radius 3 is 2.87 bits per heavy atom. The molecule has 13 heteroatoms. The standard InChI is InChI=1S/C18H21F2N7O4/c1-9(2)23-17(30)31-13-7-26(8-18(13,19)20)12-5-11(25-27-4-3-21-14(12)27)10-6-22-16(29)24-15(10)28/h3-5,9-10,13H,6-8H2,1-2H3,(H,23,30)(H2,22,24,28,29)/t10?,13-/m1/s1. The summed E-state index contributed by atoms with van der Waals surface area (Å²) in [6.07, 6.45) is 0.406. The average molecular weight is 437 g/mol. The quantitative estimate of drug-likeness (QED) is 0.639. The fourth-order valence-electron chi connectivity index (χ4n) is 3.55. The summed E-state index contributed by atoms with van der Waals surface area (Å²) in [5.41, 5.74) is 0.907. The molecule has 0 aromatic carbocycles. The van der Waals surface area contributed by atoms with Gasteiger partial charge in [-0.15, -0.1) is 0 Å². The van der Waals surface area contributed by atoms with Gasteiger partial charge in [-0.05, 0) is 19.9 Å². The zero-order valence-electron chi connectivity index (χ0n) is 16.8. The summed E-state index contributed by atoms with van der Waals surface area (Å²) in [4.78, 5) is 41.0. The largest absolute Gasteiger partial charge is 0.438 e. The highest BCUT2D eigenvalue weighted by Crippen LogP contribution is 2.35. The minimum absolute atomic E-state index is 0.0224. The van der Waals surface area contributed by atoms with Gasteiger partial charge in [-0.1, -0.05) is 0 Å². The van der Waals surface area contributed by atoms with Gasteiger partial charge in [0.05, 0.1) is 30.4 Å². The first-order valence-corrected chi connectivity index (χ1v) is 9.67. The molecule has 0 aliphatic carbocycles. The van der Waals surface area contributed by atoms with E-state index in [4.69, 9.17) is 4.74 Å². The molecule has 11 nitrogen and oxygen atoms in total. The van der Waals surface area contributed by atoms with Gasteiger partial charge in [0.25, 0.3) is 0 Å². The number of nitrogens with one attached hydrogen (secondary N) is 3. The van der Waals surface area contributed by atoms with Crippen LogP contribution in [0.25, 0.3) is 5.65 Å². The number of halogens is 2. The van der Waals surface area contributed by atoms with Crippen LogP contribution in [0.5, 0.6) is 0 Å². The normalized spacial score (nSPS) is 23.1. The molecule has 166 valence electrons. The zero-order valence-corrected chi connectivity index (χ0v) is 16.8. The lowest BCUT2D eigenvalue weighted by Crippen LogP contribution is -2.51. The van der Waals surface area contributed by atoms with E-state index in [2.05, 4.69) is 26.0 Å². The van der Waals surface area contributed by atoms with E-state index < -0.39 is 42.5 Å². The molecule has 2 aromatic rings. The number of carbonyl (C=O) groups excluding carboxylic acids is 3. The Bertz CT molecular complexity index is 1040. The molecule has 2 aromatic heterocycles. The van der Waals surface area contributed by atoms with Crippen LogP contribution >= 0.6 is 0 Å². The van der Waals surface area contributed by atoms with Crippen molar-refractivity contribution >= 4 is 29.4 Å². The first-order chi connectivity index (χ1) is 14.6. The van der Waals surface area contributed by atoms with Gasteiger partial charge < -0.3 is 20.3 Å². The maximum absolute atomic E-state index is 14.6. The molecule has 0 saturated carbocycles. The number of imidazole rings is 1. The zero-order chi connectivity index (χ0) is 22.3. The summed E-state index contributed by atoms with van der Waals surface area (Å²) in [5.74, 6) is -4.63. The number of rotatable bonds is 4. The molecular weight excluding hydrogens is 416 g/mol. The summed E-state index contributed by atoms with van der Waals surface area (Å²) < 4.78 is 35.6. The smallest absolute Gasteiger partial charge is 0.407 e. The molecule has 2 aliphatic heterocycles. The summed E-state index contributed by atoms with van der Waals surface area (Å²) in [6, 6.07) is 0.633. The number of aromatic nitrogens is 3. The lowest BCUT2D eigenvalue weighted by molar-refractivity contribution is -0.122. The lowest BCUT2D eigenvalue weighted by atomic mass is 10.0. The van der Waals surface area contributed by atoms with Crippen molar-refractivity contribution < 1.29 is 27.9 Å². The second-order valence-electron chi connectivity index (χ2n) is 7.74.